The van der Waals surface area contributed by atoms with Gasteiger partial charge in [0.15, 0.2) is 0 Å². The topological polar surface area (TPSA) is 88.6 Å². The van der Waals surface area contributed by atoms with E-state index in [9.17, 15) is 4.79 Å². The van der Waals surface area contributed by atoms with Gasteiger partial charge >= 0.3 is 0 Å². The zero-order chi connectivity index (χ0) is 22.2. The van der Waals surface area contributed by atoms with E-state index < -0.39 is 5.91 Å². The molecule has 0 saturated heterocycles. The SMILES string of the molecule is COc1ccc(/C=N/NC(=O)c2cc(-c3ccccc3OCc3ccccc3)n[nH]2)cc1. The van der Waals surface area contributed by atoms with Gasteiger partial charge in [-0.2, -0.15) is 10.2 Å². The Bertz CT molecular complexity index is 1200. The summed E-state index contributed by atoms with van der Waals surface area (Å²) in [5.74, 6) is 1.05. The quantitative estimate of drug-likeness (QED) is 0.322. The van der Waals surface area contributed by atoms with Crippen LogP contribution in [0.5, 0.6) is 11.5 Å². The Labute approximate surface area is 185 Å². The number of para-hydroxylation sites is 1. The molecule has 0 bridgehead atoms. The van der Waals surface area contributed by atoms with Crippen LogP contribution in [0, 0.1) is 0 Å². The number of carbonyl (C=O) groups is 1. The molecular weight excluding hydrogens is 404 g/mol. The Hall–Kier alpha value is -4.39. The van der Waals surface area contributed by atoms with Crippen molar-refractivity contribution in [1.82, 2.24) is 15.6 Å². The number of amides is 1. The fraction of sp³-hybridized carbons (Fsp3) is 0.0800. The molecule has 7 heteroatoms. The molecule has 32 heavy (non-hydrogen) atoms. The summed E-state index contributed by atoms with van der Waals surface area (Å²) in [5, 5.41) is 11.0. The summed E-state index contributed by atoms with van der Waals surface area (Å²) in [7, 11) is 1.61. The van der Waals surface area contributed by atoms with Crippen molar-refractivity contribution in [2.24, 2.45) is 5.10 Å². The second-order valence-electron chi connectivity index (χ2n) is 6.91. The maximum atomic E-state index is 12.4. The number of aromatic nitrogens is 2. The van der Waals surface area contributed by atoms with Gasteiger partial charge in [-0.15, -0.1) is 0 Å². The zero-order valence-electron chi connectivity index (χ0n) is 17.5. The highest BCUT2D eigenvalue weighted by atomic mass is 16.5. The summed E-state index contributed by atoms with van der Waals surface area (Å²) in [6.45, 7) is 0.440. The normalized spacial score (nSPS) is 10.8. The van der Waals surface area contributed by atoms with Gasteiger partial charge in [0.25, 0.3) is 5.91 Å². The highest BCUT2D eigenvalue weighted by Crippen LogP contribution is 2.29. The van der Waals surface area contributed by atoms with Gasteiger partial charge in [0.2, 0.25) is 0 Å². The first kappa shape index (κ1) is 20.9. The van der Waals surface area contributed by atoms with E-state index in [1.165, 1.54) is 0 Å². The van der Waals surface area contributed by atoms with Crippen LogP contribution in [0.15, 0.2) is 90.0 Å². The van der Waals surface area contributed by atoms with Crippen molar-refractivity contribution in [2.45, 2.75) is 6.61 Å². The summed E-state index contributed by atoms with van der Waals surface area (Å²) < 4.78 is 11.1. The molecule has 0 unspecified atom stereocenters. The Morgan fingerprint density at radius 1 is 1.03 bits per heavy atom. The van der Waals surface area contributed by atoms with Gasteiger partial charge in [-0.25, -0.2) is 5.43 Å². The molecule has 0 fully saturated rings. The van der Waals surface area contributed by atoms with Crippen LogP contribution in [0.25, 0.3) is 11.3 Å². The van der Waals surface area contributed by atoms with E-state index in [1.807, 2.05) is 78.9 Å². The zero-order valence-corrected chi connectivity index (χ0v) is 17.5. The minimum Gasteiger partial charge on any atom is -0.497 e. The molecule has 3 aromatic carbocycles. The van der Waals surface area contributed by atoms with E-state index in [0.29, 0.717) is 23.7 Å². The lowest BCUT2D eigenvalue weighted by Gasteiger charge is -2.10. The number of H-pyrrole nitrogens is 1. The van der Waals surface area contributed by atoms with Gasteiger partial charge in [0.05, 0.1) is 19.0 Å². The van der Waals surface area contributed by atoms with E-state index in [0.717, 1.165) is 22.4 Å². The fourth-order valence-electron chi connectivity index (χ4n) is 3.03. The highest BCUT2D eigenvalue weighted by molar-refractivity contribution is 5.94. The number of carbonyl (C=O) groups excluding carboxylic acids is 1. The number of rotatable bonds is 8. The average Bonchev–Trinajstić information content (AvgIpc) is 3.34. The third-order valence-corrected chi connectivity index (χ3v) is 4.72. The molecule has 2 N–H and O–H groups in total. The molecule has 0 aliphatic carbocycles. The molecule has 0 radical (unpaired) electrons. The van der Waals surface area contributed by atoms with E-state index in [4.69, 9.17) is 9.47 Å². The minimum absolute atomic E-state index is 0.296. The largest absolute Gasteiger partial charge is 0.497 e. The molecule has 1 heterocycles. The van der Waals surface area contributed by atoms with Crippen LogP contribution in [-0.2, 0) is 6.61 Å². The number of nitrogens with zero attached hydrogens (tertiary/aromatic N) is 2. The second-order valence-corrected chi connectivity index (χ2v) is 6.91. The van der Waals surface area contributed by atoms with Crippen molar-refractivity contribution < 1.29 is 14.3 Å². The molecule has 4 aromatic rings. The van der Waals surface area contributed by atoms with Crippen LogP contribution in [-0.4, -0.2) is 29.4 Å². The van der Waals surface area contributed by atoms with E-state index in [2.05, 4.69) is 20.7 Å². The lowest BCUT2D eigenvalue weighted by molar-refractivity contribution is 0.0950. The van der Waals surface area contributed by atoms with Crippen molar-refractivity contribution in [1.29, 1.82) is 0 Å². The summed E-state index contributed by atoms with van der Waals surface area (Å²) in [5.41, 5.74) is 6.10. The maximum Gasteiger partial charge on any atom is 0.289 e. The summed E-state index contributed by atoms with van der Waals surface area (Å²) in [4.78, 5) is 12.4. The molecule has 0 aliphatic rings. The van der Waals surface area contributed by atoms with Crippen molar-refractivity contribution in [3.63, 3.8) is 0 Å². The van der Waals surface area contributed by atoms with E-state index >= 15 is 0 Å². The van der Waals surface area contributed by atoms with E-state index in [-0.39, 0.29) is 0 Å². The van der Waals surface area contributed by atoms with Gasteiger partial charge in [-0.1, -0.05) is 42.5 Å². The Morgan fingerprint density at radius 3 is 2.56 bits per heavy atom. The number of ether oxygens (including phenoxy) is 2. The maximum absolute atomic E-state index is 12.4. The number of hydrazone groups is 1. The van der Waals surface area contributed by atoms with Crippen molar-refractivity contribution >= 4 is 12.1 Å². The standard InChI is InChI=1S/C25H22N4O3/c1-31-20-13-11-18(12-14-20)16-26-29-25(30)23-15-22(27-28-23)21-9-5-6-10-24(21)32-17-19-7-3-2-4-8-19/h2-16H,17H2,1H3,(H,27,28)(H,29,30)/b26-16+. The van der Waals surface area contributed by atoms with Crippen LogP contribution in [0.1, 0.15) is 21.6 Å². The van der Waals surface area contributed by atoms with Crippen LogP contribution < -0.4 is 14.9 Å². The number of benzene rings is 3. The van der Waals surface area contributed by atoms with Crippen LogP contribution >= 0.6 is 0 Å². The third-order valence-electron chi connectivity index (χ3n) is 4.72. The number of hydrogen-bond donors (Lipinski definition) is 2. The van der Waals surface area contributed by atoms with Crippen molar-refractivity contribution in [3.8, 4) is 22.8 Å². The van der Waals surface area contributed by atoms with Crippen LogP contribution in [0.2, 0.25) is 0 Å². The first-order chi connectivity index (χ1) is 15.7. The lowest BCUT2D eigenvalue weighted by Crippen LogP contribution is -2.17. The molecule has 1 amide bonds. The van der Waals surface area contributed by atoms with Gasteiger partial charge in [-0.3, -0.25) is 9.89 Å². The Kier molecular flexibility index (Phi) is 6.57. The van der Waals surface area contributed by atoms with Crippen LogP contribution in [0.4, 0.5) is 0 Å². The molecule has 160 valence electrons. The highest BCUT2D eigenvalue weighted by Gasteiger charge is 2.13. The molecule has 0 aliphatic heterocycles. The fourth-order valence-corrected chi connectivity index (χ4v) is 3.03. The summed E-state index contributed by atoms with van der Waals surface area (Å²) in [6, 6.07) is 26.5. The van der Waals surface area contributed by atoms with Crippen LogP contribution in [0.3, 0.4) is 0 Å². The second kappa shape index (κ2) is 10.1. The predicted octanol–water partition coefficient (Wildman–Crippen LogP) is 4.43. The van der Waals surface area contributed by atoms with Crippen molar-refractivity contribution in [2.75, 3.05) is 7.11 Å². The summed E-state index contributed by atoms with van der Waals surface area (Å²) >= 11 is 0. The monoisotopic (exact) mass is 426 g/mol. The molecule has 0 atom stereocenters. The molecule has 1 aromatic heterocycles. The molecule has 0 spiro atoms. The first-order valence-electron chi connectivity index (χ1n) is 10.0. The Balaban J connectivity index is 1.41. The van der Waals surface area contributed by atoms with Gasteiger partial charge in [-0.05, 0) is 53.6 Å². The van der Waals surface area contributed by atoms with Gasteiger partial charge < -0.3 is 9.47 Å². The van der Waals surface area contributed by atoms with E-state index in [1.54, 1.807) is 19.4 Å². The number of aromatic amines is 1. The number of nitrogens with one attached hydrogen (secondary N) is 2. The molecule has 4 rings (SSSR count). The van der Waals surface area contributed by atoms with Crippen molar-refractivity contribution in [3.05, 3.63) is 102 Å². The smallest absolute Gasteiger partial charge is 0.289 e. The summed E-state index contributed by atoms with van der Waals surface area (Å²) in [6.07, 6.45) is 1.56. The lowest BCUT2D eigenvalue weighted by atomic mass is 10.1. The van der Waals surface area contributed by atoms with Gasteiger partial charge in [0, 0.05) is 5.56 Å². The molecule has 7 nitrogen and oxygen atoms in total. The predicted molar refractivity (Wildman–Crippen MR) is 123 cm³/mol. The minimum atomic E-state index is -0.392. The first-order valence-corrected chi connectivity index (χ1v) is 10.0. The molecular formula is C25H22N4O3. The number of methoxy groups -OCH3 is 1. The Morgan fingerprint density at radius 2 is 1.78 bits per heavy atom. The van der Waals surface area contributed by atoms with Gasteiger partial charge in [0.1, 0.15) is 23.8 Å². The average molecular weight is 426 g/mol. The number of hydrogen-bond acceptors (Lipinski definition) is 5. The molecule has 0 saturated carbocycles. The third kappa shape index (κ3) is 5.20.